The van der Waals surface area contributed by atoms with Crippen molar-refractivity contribution in [2.45, 2.75) is 13.3 Å². The molecule has 0 saturated heterocycles. The van der Waals surface area contributed by atoms with Crippen LogP contribution in [0.2, 0.25) is 0 Å². The highest BCUT2D eigenvalue weighted by Gasteiger charge is 2.03. The second-order valence-electron chi connectivity index (χ2n) is 4.89. The summed E-state index contributed by atoms with van der Waals surface area (Å²) in [7, 11) is 0. The average molecular weight is 295 g/mol. The average Bonchev–Trinajstić information content (AvgIpc) is 2.95. The predicted octanol–water partition coefficient (Wildman–Crippen LogP) is 3.41. The van der Waals surface area contributed by atoms with Crippen molar-refractivity contribution in [3.05, 3.63) is 54.4 Å². The van der Waals surface area contributed by atoms with Gasteiger partial charge in [0.15, 0.2) is 0 Å². The van der Waals surface area contributed by atoms with Gasteiger partial charge in [-0.25, -0.2) is 9.66 Å². The van der Waals surface area contributed by atoms with Crippen molar-refractivity contribution in [2.75, 3.05) is 6.61 Å². The van der Waals surface area contributed by atoms with Gasteiger partial charge in [0.1, 0.15) is 17.8 Å². The van der Waals surface area contributed by atoms with Crippen molar-refractivity contribution in [3.8, 4) is 11.5 Å². The van der Waals surface area contributed by atoms with Gasteiger partial charge in [0, 0.05) is 11.6 Å². The van der Waals surface area contributed by atoms with Crippen molar-refractivity contribution < 1.29 is 9.84 Å². The second-order valence-corrected chi connectivity index (χ2v) is 4.89. The molecule has 5 heteroatoms. The molecule has 0 fully saturated rings. The van der Waals surface area contributed by atoms with Gasteiger partial charge in [-0.1, -0.05) is 19.1 Å². The lowest BCUT2D eigenvalue weighted by atomic mass is 10.2. The Kier molecular flexibility index (Phi) is 4.05. The second kappa shape index (κ2) is 6.30. The van der Waals surface area contributed by atoms with E-state index in [9.17, 15) is 5.11 Å². The molecule has 0 radical (unpaired) electrons. The molecule has 22 heavy (non-hydrogen) atoms. The van der Waals surface area contributed by atoms with Crippen LogP contribution in [0.4, 0.5) is 0 Å². The van der Waals surface area contributed by atoms with Crippen LogP contribution in [0.3, 0.4) is 0 Å². The van der Waals surface area contributed by atoms with Crippen molar-refractivity contribution in [3.63, 3.8) is 0 Å². The summed E-state index contributed by atoms with van der Waals surface area (Å²) in [6.45, 7) is 2.67. The first-order valence-corrected chi connectivity index (χ1v) is 7.20. The van der Waals surface area contributed by atoms with Crippen LogP contribution < -0.4 is 4.74 Å². The van der Waals surface area contributed by atoms with E-state index in [1.54, 1.807) is 29.4 Å². The van der Waals surface area contributed by atoms with Gasteiger partial charge in [-0.05, 0) is 30.7 Å². The maximum Gasteiger partial charge on any atom is 0.128 e. The highest BCUT2D eigenvalue weighted by atomic mass is 16.5. The fraction of sp³-hybridized carbons (Fsp3) is 0.176. The maximum absolute atomic E-state index is 10.0. The van der Waals surface area contributed by atoms with Crippen molar-refractivity contribution in [1.29, 1.82) is 0 Å². The molecular weight excluding hydrogens is 278 g/mol. The van der Waals surface area contributed by atoms with E-state index in [4.69, 9.17) is 4.74 Å². The van der Waals surface area contributed by atoms with Crippen LogP contribution in [-0.2, 0) is 0 Å². The third-order valence-corrected chi connectivity index (χ3v) is 3.23. The van der Waals surface area contributed by atoms with E-state index in [1.165, 1.54) is 0 Å². The summed E-state index contributed by atoms with van der Waals surface area (Å²) in [5.74, 6) is 0.798. The van der Waals surface area contributed by atoms with Gasteiger partial charge in [-0.15, -0.1) is 0 Å². The molecular formula is C17H17N3O2. The summed E-state index contributed by atoms with van der Waals surface area (Å²) >= 11 is 0. The Morgan fingerprint density at radius 1 is 1.27 bits per heavy atom. The summed E-state index contributed by atoms with van der Waals surface area (Å²) in [6, 6.07) is 13.0. The molecule has 0 amide bonds. The number of aromatic hydroxyl groups is 1. The lowest BCUT2D eigenvalue weighted by Crippen LogP contribution is -1.95. The molecule has 5 nitrogen and oxygen atoms in total. The van der Waals surface area contributed by atoms with Crippen molar-refractivity contribution >= 4 is 17.2 Å². The van der Waals surface area contributed by atoms with Gasteiger partial charge < -0.3 is 9.84 Å². The molecule has 0 spiro atoms. The molecule has 2 aromatic carbocycles. The van der Waals surface area contributed by atoms with Crippen LogP contribution in [0, 0.1) is 0 Å². The molecule has 0 aliphatic heterocycles. The van der Waals surface area contributed by atoms with Gasteiger partial charge in [0.25, 0.3) is 0 Å². The summed E-state index contributed by atoms with van der Waals surface area (Å²) in [5, 5.41) is 14.4. The van der Waals surface area contributed by atoms with Crippen LogP contribution in [0.5, 0.6) is 11.5 Å². The molecule has 1 aromatic heterocycles. The Morgan fingerprint density at radius 3 is 2.95 bits per heavy atom. The molecule has 0 atom stereocenters. The third kappa shape index (κ3) is 2.93. The smallest absolute Gasteiger partial charge is 0.128 e. The molecule has 1 N–H and O–H groups in total. The largest absolute Gasteiger partial charge is 0.507 e. The fourth-order valence-corrected chi connectivity index (χ4v) is 2.10. The van der Waals surface area contributed by atoms with Crippen LogP contribution >= 0.6 is 0 Å². The molecule has 0 bridgehead atoms. The molecule has 112 valence electrons. The number of imidazole rings is 1. The molecule has 0 aliphatic rings. The molecule has 0 unspecified atom stereocenters. The Balaban J connectivity index is 1.83. The van der Waals surface area contributed by atoms with Gasteiger partial charge in [0.2, 0.25) is 0 Å². The number of hydrogen-bond acceptors (Lipinski definition) is 4. The van der Waals surface area contributed by atoms with Crippen LogP contribution in [0.25, 0.3) is 11.0 Å². The number of hydrogen-bond donors (Lipinski definition) is 1. The monoisotopic (exact) mass is 295 g/mol. The highest BCUT2D eigenvalue weighted by Crippen LogP contribution is 2.22. The number of benzene rings is 2. The minimum atomic E-state index is 0.141. The quantitative estimate of drug-likeness (QED) is 0.734. The lowest BCUT2D eigenvalue weighted by molar-refractivity contribution is 0.315. The first-order chi connectivity index (χ1) is 10.8. The third-order valence-electron chi connectivity index (χ3n) is 3.23. The minimum Gasteiger partial charge on any atom is -0.507 e. The van der Waals surface area contributed by atoms with E-state index < -0.39 is 0 Å². The molecule has 1 heterocycles. The van der Waals surface area contributed by atoms with Crippen LogP contribution in [-0.4, -0.2) is 27.6 Å². The number of fused-ring (bicyclic) bond motifs is 1. The predicted molar refractivity (Wildman–Crippen MR) is 86.6 cm³/mol. The standard InChI is InChI=1S/C17H17N3O2/c1-2-9-22-14-8-7-13(17(21)10-14)11-19-20-12-18-15-5-3-4-6-16(15)20/h3-8,10-12,21H,2,9H2,1H3/b19-11+. The Labute approximate surface area is 128 Å². The molecule has 0 aliphatic carbocycles. The maximum atomic E-state index is 10.0. The van der Waals surface area contributed by atoms with Crippen molar-refractivity contribution in [1.82, 2.24) is 9.66 Å². The summed E-state index contributed by atoms with van der Waals surface area (Å²) < 4.78 is 7.16. The Morgan fingerprint density at radius 2 is 2.14 bits per heavy atom. The first kappa shape index (κ1) is 14.1. The van der Waals surface area contributed by atoms with E-state index >= 15 is 0 Å². The van der Waals surface area contributed by atoms with E-state index in [2.05, 4.69) is 10.1 Å². The zero-order valence-corrected chi connectivity index (χ0v) is 12.3. The summed E-state index contributed by atoms with van der Waals surface area (Å²) in [4.78, 5) is 4.27. The first-order valence-electron chi connectivity index (χ1n) is 7.20. The zero-order chi connectivity index (χ0) is 15.4. The van der Waals surface area contributed by atoms with E-state index in [1.807, 2.05) is 37.3 Å². The lowest BCUT2D eigenvalue weighted by Gasteiger charge is -2.06. The van der Waals surface area contributed by atoms with E-state index in [0.29, 0.717) is 17.9 Å². The van der Waals surface area contributed by atoms with Crippen LogP contribution in [0.15, 0.2) is 53.9 Å². The normalized spacial score (nSPS) is 11.3. The van der Waals surface area contributed by atoms with Gasteiger partial charge in [0.05, 0.1) is 23.9 Å². The minimum absolute atomic E-state index is 0.141. The number of phenols is 1. The van der Waals surface area contributed by atoms with Gasteiger partial charge >= 0.3 is 0 Å². The topological polar surface area (TPSA) is 59.6 Å². The number of aromatic nitrogens is 2. The zero-order valence-electron chi connectivity index (χ0n) is 12.3. The number of ether oxygens (including phenoxy) is 1. The van der Waals surface area contributed by atoms with Gasteiger partial charge in [-0.2, -0.15) is 5.10 Å². The highest BCUT2D eigenvalue weighted by molar-refractivity contribution is 5.84. The SMILES string of the molecule is CCCOc1ccc(/C=N/n2cnc3ccccc32)c(O)c1. The summed E-state index contributed by atoms with van der Waals surface area (Å²) in [6.07, 6.45) is 4.18. The molecule has 0 saturated carbocycles. The summed E-state index contributed by atoms with van der Waals surface area (Å²) in [5.41, 5.74) is 2.43. The fourth-order valence-electron chi connectivity index (χ4n) is 2.10. The van der Waals surface area contributed by atoms with E-state index in [0.717, 1.165) is 17.5 Å². The van der Waals surface area contributed by atoms with Gasteiger partial charge in [-0.3, -0.25) is 0 Å². The Bertz CT molecular complexity index is 809. The number of rotatable bonds is 5. The number of phenolic OH excluding ortho intramolecular Hbond substituents is 1. The Hall–Kier alpha value is -2.82. The number of nitrogens with zero attached hydrogens (tertiary/aromatic N) is 3. The molecule has 3 rings (SSSR count). The number of para-hydroxylation sites is 2. The molecule has 3 aromatic rings. The van der Waals surface area contributed by atoms with Crippen LogP contribution in [0.1, 0.15) is 18.9 Å². The van der Waals surface area contributed by atoms with E-state index in [-0.39, 0.29) is 5.75 Å². The van der Waals surface area contributed by atoms with Crippen molar-refractivity contribution in [2.24, 2.45) is 5.10 Å².